The van der Waals surface area contributed by atoms with Crippen LogP contribution in [0, 0.1) is 6.92 Å². The number of imidazole rings is 1. The molecule has 3 aromatic heterocycles. The zero-order chi connectivity index (χ0) is 18.6. The SMILES string of the molecule is CNCc1csc(/C=N/Nc2ccc(-c3cn4cc(C)ccc4n3)cc2)n1. The van der Waals surface area contributed by atoms with E-state index in [2.05, 4.69) is 49.4 Å². The highest BCUT2D eigenvalue weighted by Crippen LogP contribution is 2.21. The zero-order valence-corrected chi connectivity index (χ0v) is 16.0. The van der Waals surface area contributed by atoms with Gasteiger partial charge in [0.25, 0.3) is 0 Å². The normalized spacial score (nSPS) is 11.5. The lowest BCUT2D eigenvalue weighted by molar-refractivity contribution is 0.797. The van der Waals surface area contributed by atoms with E-state index in [1.807, 2.05) is 49.0 Å². The number of aryl methyl sites for hydroxylation is 1. The van der Waals surface area contributed by atoms with Gasteiger partial charge in [-0.1, -0.05) is 18.2 Å². The Hall–Kier alpha value is -3.03. The molecule has 0 saturated heterocycles. The largest absolute Gasteiger partial charge is 0.314 e. The molecule has 0 radical (unpaired) electrons. The van der Waals surface area contributed by atoms with Gasteiger partial charge in [0.05, 0.1) is 23.3 Å². The molecule has 136 valence electrons. The van der Waals surface area contributed by atoms with Gasteiger partial charge in [0, 0.05) is 29.9 Å². The predicted molar refractivity (Wildman–Crippen MR) is 111 cm³/mol. The molecule has 4 aromatic rings. The van der Waals surface area contributed by atoms with Gasteiger partial charge in [-0.25, -0.2) is 9.97 Å². The number of hydrogen-bond acceptors (Lipinski definition) is 6. The monoisotopic (exact) mass is 376 g/mol. The molecule has 0 spiro atoms. The van der Waals surface area contributed by atoms with Gasteiger partial charge < -0.3 is 9.72 Å². The summed E-state index contributed by atoms with van der Waals surface area (Å²) in [5.41, 5.74) is 9.17. The molecule has 0 saturated carbocycles. The van der Waals surface area contributed by atoms with E-state index in [1.165, 1.54) is 5.56 Å². The predicted octanol–water partition coefficient (Wildman–Crippen LogP) is 3.93. The summed E-state index contributed by atoms with van der Waals surface area (Å²) >= 11 is 1.58. The maximum atomic E-state index is 4.67. The Morgan fingerprint density at radius 1 is 1.11 bits per heavy atom. The molecule has 1 aromatic carbocycles. The number of thiazole rings is 1. The number of hydrazone groups is 1. The summed E-state index contributed by atoms with van der Waals surface area (Å²) in [6.07, 6.45) is 5.87. The molecule has 3 heterocycles. The van der Waals surface area contributed by atoms with Crippen molar-refractivity contribution in [1.82, 2.24) is 19.7 Å². The Bertz CT molecular complexity index is 1080. The second kappa shape index (κ2) is 7.69. The van der Waals surface area contributed by atoms with E-state index in [1.54, 1.807) is 17.6 Å². The molecule has 6 nitrogen and oxygen atoms in total. The summed E-state index contributed by atoms with van der Waals surface area (Å²) in [6, 6.07) is 12.2. The van der Waals surface area contributed by atoms with Crippen LogP contribution >= 0.6 is 11.3 Å². The molecular formula is C20H20N6S. The number of nitrogens with zero attached hydrogens (tertiary/aromatic N) is 4. The number of nitrogens with one attached hydrogen (secondary N) is 2. The third kappa shape index (κ3) is 4.05. The number of benzene rings is 1. The second-order valence-corrected chi connectivity index (χ2v) is 7.14. The third-order valence-electron chi connectivity index (χ3n) is 4.08. The number of pyridine rings is 1. The first-order valence-electron chi connectivity index (χ1n) is 8.65. The maximum absolute atomic E-state index is 4.67. The molecule has 4 rings (SSSR count). The topological polar surface area (TPSA) is 66.6 Å². The van der Waals surface area contributed by atoms with Gasteiger partial charge in [-0.15, -0.1) is 11.3 Å². The molecule has 0 aliphatic rings. The Kier molecular flexibility index (Phi) is 4.95. The molecule has 0 aliphatic carbocycles. The first kappa shape index (κ1) is 17.4. The van der Waals surface area contributed by atoms with Crippen LogP contribution < -0.4 is 10.7 Å². The number of rotatable bonds is 6. The fraction of sp³-hybridized carbons (Fsp3) is 0.150. The van der Waals surface area contributed by atoms with E-state index in [-0.39, 0.29) is 0 Å². The van der Waals surface area contributed by atoms with Crippen LogP contribution in [0.1, 0.15) is 16.3 Å². The van der Waals surface area contributed by atoms with Crippen molar-refractivity contribution in [2.45, 2.75) is 13.5 Å². The van der Waals surface area contributed by atoms with E-state index >= 15 is 0 Å². The van der Waals surface area contributed by atoms with Crippen molar-refractivity contribution in [2.24, 2.45) is 5.10 Å². The average molecular weight is 376 g/mol. The quantitative estimate of drug-likeness (QED) is 0.395. The van der Waals surface area contributed by atoms with Crippen LogP contribution in [-0.2, 0) is 6.54 Å². The minimum Gasteiger partial charge on any atom is -0.314 e. The Balaban J connectivity index is 1.44. The first-order valence-corrected chi connectivity index (χ1v) is 9.53. The second-order valence-electron chi connectivity index (χ2n) is 6.25. The summed E-state index contributed by atoms with van der Waals surface area (Å²) in [5.74, 6) is 0. The van der Waals surface area contributed by atoms with Gasteiger partial charge in [-0.2, -0.15) is 5.10 Å². The van der Waals surface area contributed by atoms with Gasteiger partial charge in [0.1, 0.15) is 10.7 Å². The van der Waals surface area contributed by atoms with Crippen LogP contribution in [0.2, 0.25) is 0 Å². The standard InChI is InChI=1S/C20H20N6S/c1-14-3-8-19-24-18(12-26(19)11-14)15-4-6-16(7-5-15)25-22-10-20-23-17(9-21-2)13-27-20/h3-8,10-13,21,25H,9H2,1-2H3/b22-10+. The van der Waals surface area contributed by atoms with Crippen molar-refractivity contribution >= 4 is 28.9 Å². The minimum absolute atomic E-state index is 0.766. The van der Waals surface area contributed by atoms with Crippen LogP contribution in [0.3, 0.4) is 0 Å². The molecule has 0 aliphatic heterocycles. The van der Waals surface area contributed by atoms with E-state index in [0.29, 0.717) is 0 Å². The summed E-state index contributed by atoms with van der Waals surface area (Å²) in [5, 5.41) is 10.3. The van der Waals surface area contributed by atoms with Gasteiger partial charge in [0.15, 0.2) is 0 Å². The molecule has 27 heavy (non-hydrogen) atoms. The molecule has 2 N–H and O–H groups in total. The number of aromatic nitrogens is 3. The Morgan fingerprint density at radius 3 is 2.78 bits per heavy atom. The number of fused-ring (bicyclic) bond motifs is 1. The Morgan fingerprint density at radius 2 is 1.96 bits per heavy atom. The summed E-state index contributed by atoms with van der Waals surface area (Å²) < 4.78 is 2.05. The van der Waals surface area contributed by atoms with Crippen LogP contribution in [0.4, 0.5) is 5.69 Å². The zero-order valence-electron chi connectivity index (χ0n) is 15.2. The van der Waals surface area contributed by atoms with E-state index in [9.17, 15) is 0 Å². The number of hydrogen-bond donors (Lipinski definition) is 2. The highest BCUT2D eigenvalue weighted by Gasteiger charge is 2.04. The maximum Gasteiger partial charge on any atom is 0.137 e. The van der Waals surface area contributed by atoms with Crippen LogP contribution in [-0.4, -0.2) is 27.6 Å². The van der Waals surface area contributed by atoms with Crippen LogP contribution in [0.25, 0.3) is 16.9 Å². The highest BCUT2D eigenvalue weighted by molar-refractivity contribution is 7.11. The summed E-state index contributed by atoms with van der Waals surface area (Å²) in [6.45, 7) is 2.84. The van der Waals surface area contributed by atoms with Gasteiger partial charge in [-0.05, 0) is 37.7 Å². The highest BCUT2D eigenvalue weighted by atomic mass is 32.1. The fourth-order valence-corrected chi connectivity index (χ4v) is 3.44. The van der Waals surface area contributed by atoms with Crippen molar-refractivity contribution in [2.75, 3.05) is 12.5 Å². The fourth-order valence-electron chi connectivity index (χ4n) is 2.76. The number of anilines is 1. The van der Waals surface area contributed by atoms with Crippen molar-refractivity contribution < 1.29 is 0 Å². The lowest BCUT2D eigenvalue weighted by atomic mass is 10.1. The van der Waals surface area contributed by atoms with Gasteiger partial charge in [0.2, 0.25) is 0 Å². The van der Waals surface area contributed by atoms with E-state index < -0.39 is 0 Å². The van der Waals surface area contributed by atoms with Crippen LogP contribution in [0.15, 0.2) is 59.3 Å². The molecular weight excluding hydrogens is 356 g/mol. The molecule has 0 bridgehead atoms. The lowest BCUT2D eigenvalue weighted by Gasteiger charge is -2.01. The lowest BCUT2D eigenvalue weighted by Crippen LogP contribution is -2.05. The molecule has 7 heteroatoms. The van der Waals surface area contributed by atoms with Crippen molar-refractivity contribution in [3.05, 3.63) is 70.4 Å². The summed E-state index contributed by atoms with van der Waals surface area (Å²) in [7, 11) is 1.91. The first-order chi connectivity index (χ1) is 13.2. The Labute approximate surface area is 161 Å². The van der Waals surface area contributed by atoms with Crippen molar-refractivity contribution in [3.8, 4) is 11.3 Å². The van der Waals surface area contributed by atoms with Crippen molar-refractivity contribution in [1.29, 1.82) is 0 Å². The average Bonchev–Trinajstić information content (AvgIpc) is 3.29. The minimum atomic E-state index is 0.766. The van der Waals surface area contributed by atoms with Crippen molar-refractivity contribution in [3.63, 3.8) is 0 Å². The molecule has 0 fully saturated rings. The molecule has 0 unspecified atom stereocenters. The molecule has 0 atom stereocenters. The van der Waals surface area contributed by atoms with Gasteiger partial charge >= 0.3 is 0 Å². The van der Waals surface area contributed by atoms with E-state index in [4.69, 9.17) is 0 Å². The molecule has 0 amide bonds. The van der Waals surface area contributed by atoms with Gasteiger partial charge in [-0.3, -0.25) is 5.43 Å². The van der Waals surface area contributed by atoms with Crippen LogP contribution in [0.5, 0.6) is 0 Å². The van der Waals surface area contributed by atoms with E-state index in [0.717, 1.165) is 39.8 Å². The summed E-state index contributed by atoms with van der Waals surface area (Å²) in [4.78, 5) is 9.14. The smallest absolute Gasteiger partial charge is 0.137 e. The third-order valence-corrected chi connectivity index (χ3v) is 4.90.